The third kappa shape index (κ3) is 3.35. The molecular weight excluding hydrogens is 318 g/mol. The number of amides is 1. The Morgan fingerprint density at radius 2 is 2.08 bits per heavy atom. The maximum absolute atomic E-state index is 12.2. The molecule has 2 rings (SSSR count). The van der Waals surface area contributed by atoms with Gasteiger partial charge in [-0.25, -0.2) is 9.59 Å². The summed E-state index contributed by atoms with van der Waals surface area (Å²) >= 11 is 0. The van der Waals surface area contributed by atoms with E-state index in [2.05, 4.69) is 10.3 Å². The Morgan fingerprint density at radius 1 is 1.38 bits per heavy atom. The van der Waals surface area contributed by atoms with E-state index in [1.165, 1.54) is 25.3 Å². The second-order valence-corrected chi connectivity index (χ2v) is 5.06. The average Bonchev–Trinajstić information content (AvgIpc) is 2.54. The predicted octanol–water partition coefficient (Wildman–Crippen LogP) is -0.461. The van der Waals surface area contributed by atoms with Gasteiger partial charge < -0.3 is 20.1 Å². The minimum Gasteiger partial charge on any atom is -0.480 e. The van der Waals surface area contributed by atoms with Crippen molar-refractivity contribution in [2.24, 2.45) is 0 Å². The van der Waals surface area contributed by atoms with Crippen LogP contribution in [-0.4, -0.2) is 46.3 Å². The number of rotatable bonds is 6. The Bertz CT molecular complexity index is 898. The van der Waals surface area contributed by atoms with E-state index in [9.17, 15) is 19.2 Å². The van der Waals surface area contributed by atoms with Gasteiger partial charge in [0.05, 0.1) is 17.5 Å². The van der Waals surface area contributed by atoms with Gasteiger partial charge in [0.25, 0.3) is 11.5 Å². The largest absolute Gasteiger partial charge is 0.480 e. The number of nitrogens with one attached hydrogen (secondary N) is 2. The molecule has 1 aromatic heterocycles. The summed E-state index contributed by atoms with van der Waals surface area (Å²) in [6.07, 6.45) is 0. The molecule has 128 valence electrons. The molecule has 0 saturated heterocycles. The van der Waals surface area contributed by atoms with Crippen LogP contribution in [0.15, 0.2) is 27.8 Å². The molecule has 9 heteroatoms. The fraction of sp³-hybridized carbons (Fsp3) is 0.333. The van der Waals surface area contributed by atoms with E-state index in [4.69, 9.17) is 9.84 Å². The van der Waals surface area contributed by atoms with Crippen molar-refractivity contribution in [2.75, 3.05) is 13.7 Å². The van der Waals surface area contributed by atoms with Gasteiger partial charge in [-0.2, -0.15) is 0 Å². The topological polar surface area (TPSA) is 130 Å². The molecule has 1 aromatic carbocycles. The zero-order chi connectivity index (χ0) is 17.9. The Morgan fingerprint density at radius 3 is 2.67 bits per heavy atom. The van der Waals surface area contributed by atoms with Crippen molar-refractivity contribution in [3.8, 4) is 0 Å². The Kier molecular flexibility index (Phi) is 5.14. The van der Waals surface area contributed by atoms with Crippen LogP contribution < -0.4 is 16.6 Å². The van der Waals surface area contributed by atoms with Crippen molar-refractivity contribution in [3.05, 3.63) is 44.6 Å². The van der Waals surface area contributed by atoms with E-state index < -0.39 is 29.2 Å². The number of carbonyl (C=O) groups is 2. The van der Waals surface area contributed by atoms with Crippen LogP contribution in [0.5, 0.6) is 0 Å². The number of carboxylic acids is 1. The van der Waals surface area contributed by atoms with Crippen molar-refractivity contribution in [2.45, 2.75) is 19.5 Å². The molecule has 1 atom stereocenters. The summed E-state index contributed by atoms with van der Waals surface area (Å²) < 4.78 is 5.78. The number of nitrogens with zero attached hydrogens (tertiary/aromatic N) is 1. The van der Waals surface area contributed by atoms with Crippen molar-refractivity contribution in [3.63, 3.8) is 0 Å². The maximum Gasteiger partial charge on any atom is 0.328 e. The van der Waals surface area contributed by atoms with Crippen LogP contribution in [0.4, 0.5) is 0 Å². The van der Waals surface area contributed by atoms with E-state index >= 15 is 0 Å². The van der Waals surface area contributed by atoms with Gasteiger partial charge in [-0.05, 0) is 25.1 Å². The number of methoxy groups -OCH3 is 1. The van der Waals surface area contributed by atoms with Crippen LogP contribution in [0, 0.1) is 0 Å². The third-order valence-electron chi connectivity index (χ3n) is 3.50. The summed E-state index contributed by atoms with van der Waals surface area (Å²) in [7, 11) is 1.32. The number of aliphatic carboxylic acids is 1. The van der Waals surface area contributed by atoms with E-state index in [0.29, 0.717) is 0 Å². The monoisotopic (exact) mass is 335 g/mol. The predicted molar refractivity (Wildman–Crippen MR) is 85.3 cm³/mol. The van der Waals surface area contributed by atoms with Crippen LogP contribution in [0.2, 0.25) is 0 Å². The third-order valence-corrected chi connectivity index (χ3v) is 3.50. The fourth-order valence-corrected chi connectivity index (χ4v) is 2.27. The molecule has 0 aliphatic carbocycles. The molecule has 1 heterocycles. The highest BCUT2D eigenvalue weighted by Crippen LogP contribution is 2.09. The van der Waals surface area contributed by atoms with Crippen LogP contribution in [0.1, 0.15) is 17.3 Å². The number of aromatic nitrogens is 2. The first-order valence-electron chi connectivity index (χ1n) is 7.18. The molecule has 0 fully saturated rings. The number of hydrogen-bond donors (Lipinski definition) is 3. The smallest absolute Gasteiger partial charge is 0.328 e. The molecule has 0 saturated carbocycles. The van der Waals surface area contributed by atoms with Gasteiger partial charge in [-0.3, -0.25) is 14.2 Å². The highest BCUT2D eigenvalue weighted by molar-refractivity contribution is 5.99. The lowest BCUT2D eigenvalue weighted by molar-refractivity contribution is -0.140. The zero-order valence-corrected chi connectivity index (χ0v) is 13.2. The van der Waals surface area contributed by atoms with Crippen LogP contribution in [0.25, 0.3) is 10.9 Å². The van der Waals surface area contributed by atoms with Crippen molar-refractivity contribution in [1.82, 2.24) is 14.9 Å². The minimum absolute atomic E-state index is 0.120. The molecule has 24 heavy (non-hydrogen) atoms. The molecule has 1 amide bonds. The Hall–Kier alpha value is -2.94. The second kappa shape index (κ2) is 7.09. The van der Waals surface area contributed by atoms with E-state index in [-0.39, 0.29) is 29.6 Å². The number of carbonyl (C=O) groups excluding carboxylic acids is 1. The summed E-state index contributed by atoms with van der Waals surface area (Å²) in [5, 5.41) is 11.6. The quantitative estimate of drug-likeness (QED) is 0.655. The van der Waals surface area contributed by atoms with Crippen LogP contribution in [0.3, 0.4) is 0 Å². The standard InChI is InChI=1S/C15H17N3O6/c1-3-18-13(20)9-5-4-8(6-10(9)17-15(18)23)12(19)16-11(7-24-2)14(21)22/h4-6,11H,3,7H2,1-2H3,(H,16,19)(H,17,23)(H,21,22). The highest BCUT2D eigenvalue weighted by Gasteiger charge is 2.21. The molecule has 0 spiro atoms. The lowest BCUT2D eigenvalue weighted by atomic mass is 10.1. The summed E-state index contributed by atoms with van der Waals surface area (Å²) in [4.78, 5) is 49.7. The zero-order valence-electron chi connectivity index (χ0n) is 13.2. The van der Waals surface area contributed by atoms with Gasteiger partial charge in [0.2, 0.25) is 0 Å². The first kappa shape index (κ1) is 17.4. The van der Waals surface area contributed by atoms with Gasteiger partial charge in [0.1, 0.15) is 0 Å². The summed E-state index contributed by atoms with van der Waals surface area (Å²) in [6.45, 7) is 1.71. The lowest BCUT2D eigenvalue weighted by Gasteiger charge is -2.13. The van der Waals surface area contributed by atoms with Crippen molar-refractivity contribution < 1.29 is 19.4 Å². The molecule has 2 aromatic rings. The molecular formula is C15H17N3O6. The lowest BCUT2D eigenvalue weighted by Crippen LogP contribution is -2.43. The Balaban J connectivity index is 2.40. The average molecular weight is 335 g/mol. The van der Waals surface area contributed by atoms with E-state index in [1.54, 1.807) is 6.92 Å². The molecule has 1 unspecified atom stereocenters. The van der Waals surface area contributed by atoms with Gasteiger partial charge in [-0.1, -0.05) is 0 Å². The summed E-state index contributed by atoms with van der Waals surface area (Å²) in [5.41, 5.74) is -0.698. The maximum atomic E-state index is 12.2. The van der Waals surface area contributed by atoms with Crippen LogP contribution >= 0.6 is 0 Å². The summed E-state index contributed by atoms with van der Waals surface area (Å²) in [6, 6.07) is 2.94. The van der Waals surface area contributed by atoms with E-state index in [1.807, 2.05) is 0 Å². The first-order valence-corrected chi connectivity index (χ1v) is 7.18. The first-order chi connectivity index (χ1) is 11.4. The van der Waals surface area contributed by atoms with Crippen molar-refractivity contribution in [1.29, 1.82) is 0 Å². The molecule has 0 radical (unpaired) electrons. The highest BCUT2D eigenvalue weighted by atomic mass is 16.5. The number of aromatic amines is 1. The van der Waals surface area contributed by atoms with Gasteiger partial charge in [0.15, 0.2) is 6.04 Å². The number of carboxylic acid groups (broad SMARTS) is 1. The fourth-order valence-electron chi connectivity index (χ4n) is 2.27. The number of hydrogen-bond acceptors (Lipinski definition) is 5. The molecule has 3 N–H and O–H groups in total. The normalized spacial score (nSPS) is 12.1. The summed E-state index contributed by atoms with van der Waals surface area (Å²) in [5.74, 6) is -1.88. The van der Waals surface area contributed by atoms with Crippen molar-refractivity contribution >= 4 is 22.8 Å². The molecule has 0 aliphatic rings. The minimum atomic E-state index is -1.23. The van der Waals surface area contributed by atoms with Gasteiger partial charge in [-0.15, -0.1) is 0 Å². The second-order valence-electron chi connectivity index (χ2n) is 5.06. The number of H-pyrrole nitrogens is 1. The number of ether oxygens (including phenoxy) is 1. The molecule has 0 bridgehead atoms. The number of benzene rings is 1. The SMILES string of the molecule is CCn1c(=O)[nH]c2cc(C(=O)NC(COC)C(=O)O)ccc2c1=O. The number of fused-ring (bicyclic) bond motifs is 1. The van der Waals surface area contributed by atoms with E-state index in [0.717, 1.165) is 4.57 Å². The van der Waals surface area contributed by atoms with Gasteiger partial charge >= 0.3 is 11.7 Å². The van der Waals surface area contributed by atoms with Gasteiger partial charge in [0, 0.05) is 19.2 Å². The van der Waals surface area contributed by atoms with Crippen LogP contribution in [-0.2, 0) is 16.1 Å². The molecule has 0 aliphatic heterocycles. The molecule has 9 nitrogen and oxygen atoms in total. The Labute approximate surface area is 135 Å².